The number of nitrogens with zero attached hydrogens (tertiary/aromatic N) is 4. The molecule has 0 bridgehead atoms. The molecule has 2 saturated heterocycles. The summed E-state index contributed by atoms with van der Waals surface area (Å²) in [5, 5.41) is 19.5. The highest BCUT2D eigenvalue weighted by Crippen LogP contribution is 2.34. The number of piperidine rings is 1. The van der Waals surface area contributed by atoms with Crippen LogP contribution in [0.15, 0.2) is 24.4 Å². The Labute approximate surface area is 189 Å². The van der Waals surface area contributed by atoms with Crippen LogP contribution >= 0.6 is 0 Å². The molecular formula is C22H28F3N5O3. The largest absolute Gasteiger partial charge is 0.369 e. The zero-order chi connectivity index (χ0) is 23.5. The Hall–Kier alpha value is -2.66. The van der Waals surface area contributed by atoms with E-state index in [2.05, 4.69) is 10.4 Å². The van der Waals surface area contributed by atoms with E-state index in [1.165, 1.54) is 29.1 Å². The Kier molecular flexibility index (Phi) is 7.18. The summed E-state index contributed by atoms with van der Waals surface area (Å²) in [5.74, 6) is -0.654. The van der Waals surface area contributed by atoms with Gasteiger partial charge in [0.15, 0.2) is 5.69 Å². The van der Waals surface area contributed by atoms with Gasteiger partial charge in [0, 0.05) is 31.3 Å². The summed E-state index contributed by atoms with van der Waals surface area (Å²) in [6.07, 6.45) is 2.25. The Morgan fingerprint density at radius 2 is 2.00 bits per heavy atom. The van der Waals surface area contributed by atoms with Crippen LogP contribution in [0.25, 0.3) is 0 Å². The average Bonchev–Trinajstić information content (AvgIpc) is 3.26. The fourth-order valence-corrected chi connectivity index (χ4v) is 4.67. The maximum absolute atomic E-state index is 14.3. The second kappa shape index (κ2) is 10.1. The third-order valence-electron chi connectivity index (χ3n) is 6.35. The van der Waals surface area contributed by atoms with Gasteiger partial charge in [0.05, 0.1) is 16.7 Å². The van der Waals surface area contributed by atoms with E-state index in [0.29, 0.717) is 38.2 Å². The Bertz CT molecular complexity index is 972. The monoisotopic (exact) mass is 467 g/mol. The van der Waals surface area contributed by atoms with Gasteiger partial charge < -0.3 is 15.0 Å². The van der Waals surface area contributed by atoms with Gasteiger partial charge in [-0.3, -0.25) is 10.1 Å². The lowest BCUT2D eigenvalue weighted by molar-refractivity contribution is -0.385. The highest BCUT2D eigenvalue weighted by atomic mass is 19.3. The molecule has 3 heterocycles. The first kappa shape index (κ1) is 23.5. The van der Waals surface area contributed by atoms with E-state index in [9.17, 15) is 23.3 Å². The van der Waals surface area contributed by atoms with Gasteiger partial charge in [-0.05, 0) is 45.1 Å². The number of anilines is 1. The molecule has 11 heteroatoms. The van der Waals surface area contributed by atoms with Crippen molar-refractivity contribution in [1.82, 2.24) is 15.1 Å². The molecule has 1 aromatic heterocycles. The fourth-order valence-electron chi connectivity index (χ4n) is 4.67. The predicted octanol–water partition coefficient (Wildman–Crippen LogP) is 4.89. The molecule has 2 aromatic rings. The zero-order valence-electron chi connectivity index (χ0n) is 18.4. The first-order chi connectivity index (χ1) is 15.8. The molecule has 4 rings (SSSR count). The van der Waals surface area contributed by atoms with Gasteiger partial charge in [0.2, 0.25) is 0 Å². The van der Waals surface area contributed by atoms with Crippen LogP contribution in [0.4, 0.5) is 24.5 Å². The molecule has 2 fully saturated rings. The quantitative estimate of drug-likeness (QED) is 0.461. The summed E-state index contributed by atoms with van der Waals surface area (Å²) in [7, 11) is 0. The second-order valence-corrected chi connectivity index (χ2v) is 8.59. The topological polar surface area (TPSA) is 85.5 Å². The number of hydrogen-bond donors (Lipinski definition) is 1. The number of hydrogen-bond acceptors (Lipinski definition) is 6. The molecule has 0 amide bonds. The molecule has 2 aliphatic heterocycles. The summed E-state index contributed by atoms with van der Waals surface area (Å²) in [5.41, 5.74) is -0.0676. The van der Waals surface area contributed by atoms with Crippen molar-refractivity contribution in [3.8, 4) is 0 Å². The number of para-hydroxylation sites is 1. The van der Waals surface area contributed by atoms with Crippen LogP contribution in [0.1, 0.15) is 69.0 Å². The number of benzene rings is 1. The Balaban J connectivity index is 1.42. The van der Waals surface area contributed by atoms with Crippen molar-refractivity contribution in [2.24, 2.45) is 0 Å². The molecule has 1 aromatic carbocycles. The molecular weight excluding hydrogens is 439 g/mol. The van der Waals surface area contributed by atoms with Gasteiger partial charge in [0.25, 0.3) is 6.43 Å². The second-order valence-electron chi connectivity index (χ2n) is 8.59. The van der Waals surface area contributed by atoms with Crippen LogP contribution in [-0.2, 0) is 4.74 Å². The number of rotatable bonds is 7. The summed E-state index contributed by atoms with van der Waals surface area (Å²) in [4.78, 5) is 12.8. The molecule has 0 saturated carbocycles. The van der Waals surface area contributed by atoms with Crippen molar-refractivity contribution in [3.05, 3.63) is 51.6 Å². The third-order valence-corrected chi connectivity index (χ3v) is 6.35. The minimum atomic E-state index is -2.75. The smallest absolute Gasteiger partial charge is 0.311 e. The van der Waals surface area contributed by atoms with Crippen LogP contribution in [0.5, 0.6) is 0 Å². The maximum Gasteiger partial charge on any atom is 0.311 e. The lowest BCUT2D eigenvalue weighted by atomic mass is 10.0. The number of nitro groups is 1. The molecule has 2 atom stereocenters. The molecule has 0 spiro atoms. The lowest BCUT2D eigenvalue weighted by Crippen LogP contribution is -2.44. The van der Waals surface area contributed by atoms with Crippen molar-refractivity contribution in [1.29, 1.82) is 0 Å². The first-order valence-electron chi connectivity index (χ1n) is 11.3. The van der Waals surface area contributed by atoms with E-state index in [1.807, 2.05) is 6.92 Å². The van der Waals surface area contributed by atoms with Crippen molar-refractivity contribution in [2.75, 3.05) is 24.6 Å². The van der Waals surface area contributed by atoms with Gasteiger partial charge >= 0.3 is 5.69 Å². The number of halogens is 3. The fraction of sp³-hybridized carbons (Fsp3) is 0.591. The Morgan fingerprint density at radius 1 is 1.24 bits per heavy atom. The van der Waals surface area contributed by atoms with E-state index in [4.69, 9.17) is 4.74 Å². The summed E-state index contributed by atoms with van der Waals surface area (Å²) in [6, 6.07) is 3.34. The standard InChI is InChI=1S/C22H28F3N5O3/c1-14(20-18(30(31)32)13-29(27-20)19-7-2-3-12-33-19)26-15-8-10-28(11-9-15)21-16(22(24)25)5-4-6-17(21)23/h4-6,13-15,19,22,26H,2-3,7-12H2,1H3. The SMILES string of the molecule is CC(NC1CCN(c2c(F)cccc2C(F)F)CC1)c1nn(C2CCCCO2)cc1[N+](=O)[O-]. The number of ether oxygens (including phenoxy) is 1. The number of aromatic nitrogens is 2. The third kappa shape index (κ3) is 5.14. The minimum absolute atomic E-state index is 0.00583. The molecule has 0 aliphatic carbocycles. The van der Waals surface area contributed by atoms with Crippen LogP contribution in [-0.4, -0.2) is 40.4 Å². The number of nitrogens with one attached hydrogen (secondary N) is 1. The zero-order valence-corrected chi connectivity index (χ0v) is 18.4. The maximum atomic E-state index is 14.3. The Morgan fingerprint density at radius 3 is 2.64 bits per heavy atom. The average molecular weight is 467 g/mol. The van der Waals surface area contributed by atoms with E-state index in [1.54, 1.807) is 4.90 Å². The lowest BCUT2D eigenvalue weighted by Gasteiger charge is -2.36. The van der Waals surface area contributed by atoms with Crippen molar-refractivity contribution < 1.29 is 22.8 Å². The van der Waals surface area contributed by atoms with Gasteiger partial charge in [-0.2, -0.15) is 5.10 Å². The van der Waals surface area contributed by atoms with Crippen LogP contribution < -0.4 is 10.2 Å². The van der Waals surface area contributed by atoms with Gasteiger partial charge in [0.1, 0.15) is 18.2 Å². The molecule has 1 N–H and O–H groups in total. The highest BCUT2D eigenvalue weighted by molar-refractivity contribution is 5.56. The van der Waals surface area contributed by atoms with Crippen LogP contribution in [0.3, 0.4) is 0 Å². The van der Waals surface area contributed by atoms with Crippen LogP contribution in [0, 0.1) is 15.9 Å². The van der Waals surface area contributed by atoms with Gasteiger partial charge in [-0.1, -0.05) is 12.1 Å². The number of alkyl halides is 2. The molecule has 8 nitrogen and oxygen atoms in total. The highest BCUT2D eigenvalue weighted by Gasteiger charge is 2.31. The normalized spacial score (nSPS) is 20.9. The first-order valence-corrected chi connectivity index (χ1v) is 11.3. The van der Waals surface area contributed by atoms with E-state index in [0.717, 1.165) is 19.3 Å². The molecule has 33 heavy (non-hydrogen) atoms. The summed E-state index contributed by atoms with van der Waals surface area (Å²) in [6.45, 7) is 3.23. The van der Waals surface area contributed by atoms with Gasteiger partial charge in [-0.15, -0.1) is 0 Å². The molecule has 2 aliphatic rings. The molecule has 2 unspecified atom stereocenters. The summed E-state index contributed by atoms with van der Waals surface area (Å²) < 4.78 is 48.3. The minimum Gasteiger partial charge on any atom is -0.369 e. The van der Waals surface area contributed by atoms with Crippen molar-refractivity contribution in [3.63, 3.8) is 0 Å². The molecule has 0 radical (unpaired) electrons. The van der Waals surface area contributed by atoms with E-state index < -0.39 is 23.2 Å². The van der Waals surface area contributed by atoms with E-state index >= 15 is 0 Å². The van der Waals surface area contributed by atoms with E-state index in [-0.39, 0.29) is 29.2 Å². The summed E-state index contributed by atoms with van der Waals surface area (Å²) >= 11 is 0. The van der Waals surface area contributed by atoms with Gasteiger partial charge in [-0.25, -0.2) is 17.9 Å². The van der Waals surface area contributed by atoms with Crippen LogP contribution in [0.2, 0.25) is 0 Å². The predicted molar refractivity (Wildman–Crippen MR) is 116 cm³/mol. The van der Waals surface area contributed by atoms with Crippen molar-refractivity contribution >= 4 is 11.4 Å². The molecule has 180 valence electrons. The van der Waals surface area contributed by atoms with Crippen molar-refractivity contribution in [2.45, 2.75) is 63.8 Å².